The van der Waals surface area contributed by atoms with Crippen LogP contribution in [0.1, 0.15) is 12.0 Å². The Morgan fingerprint density at radius 1 is 1.42 bits per heavy atom. The van der Waals surface area contributed by atoms with Crippen LogP contribution in [-0.2, 0) is 20.3 Å². The molecule has 0 fully saturated rings. The van der Waals surface area contributed by atoms with Crippen molar-refractivity contribution >= 4 is 14.7 Å². The summed E-state index contributed by atoms with van der Waals surface area (Å²) in [4.78, 5) is 11.2. The smallest absolute Gasteiger partial charge is 0.333 e. The maximum atomic E-state index is 11.2. The Labute approximate surface area is 113 Å². The van der Waals surface area contributed by atoms with Crippen molar-refractivity contribution in [3.63, 3.8) is 0 Å². The summed E-state index contributed by atoms with van der Waals surface area (Å²) in [6, 6.07) is 9.46. The van der Waals surface area contributed by atoms with Crippen molar-refractivity contribution in [2.24, 2.45) is 5.73 Å². The minimum Gasteiger partial charge on any atom is -0.478 e. The molecule has 1 aromatic rings. The standard InChI is InChI=1S/C13H16NO4P/c14-9-8-12(18-19-17)11(13(15)16)7-6-10-4-2-1-3-5-10/h1-5,7,12H,6,8-9,14H2,(H,15,16). The van der Waals surface area contributed by atoms with Gasteiger partial charge in [0.05, 0.1) is 5.57 Å². The van der Waals surface area contributed by atoms with Crippen molar-refractivity contribution in [3.05, 3.63) is 47.5 Å². The molecule has 3 N–H and O–H groups in total. The van der Waals surface area contributed by atoms with Crippen LogP contribution in [0.5, 0.6) is 0 Å². The highest BCUT2D eigenvalue weighted by molar-refractivity contribution is 7.17. The van der Waals surface area contributed by atoms with Crippen LogP contribution >= 0.6 is 8.69 Å². The molecule has 19 heavy (non-hydrogen) atoms. The van der Waals surface area contributed by atoms with Gasteiger partial charge in [0.1, 0.15) is 6.10 Å². The molecule has 1 rings (SSSR count). The zero-order valence-corrected chi connectivity index (χ0v) is 11.3. The molecule has 102 valence electrons. The van der Waals surface area contributed by atoms with E-state index in [1.165, 1.54) is 0 Å². The van der Waals surface area contributed by atoms with E-state index in [4.69, 9.17) is 10.3 Å². The van der Waals surface area contributed by atoms with Crippen LogP contribution in [-0.4, -0.2) is 23.7 Å². The lowest BCUT2D eigenvalue weighted by molar-refractivity contribution is -0.133. The fourth-order valence-electron chi connectivity index (χ4n) is 1.67. The van der Waals surface area contributed by atoms with E-state index in [1.807, 2.05) is 30.3 Å². The molecule has 5 nitrogen and oxygen atoms in total. The van der Waals surface area contributed by atoms with E-state index in [-0.39, 0.29) is 12.1 Å². The fraction of sp³-hybridized carbons (Fsp3) is 0.308. The molecule has 1 aromatic carbocycles. The normalized spacial score (nSPS) is 13.4. The van der Waals surface area contributed by atoms with Crippen LogP contribution in [0.2, 0.25) is 0 Å². The molecule has 1 atom stereocenters. The van der Waals surface area contributed by atoms with Gasteiger partial charge in [-0.15, -0.1) is 0 Å². The first-order valence-electron chi connectivity index (χ1n) is 5.84. The van der Waals surface area contributed by atoms with Crippen LogP contribution < -0.4 is 5.73 Å². The molecule has 0 saturated heterocycles. The Hall–Kier alpha value is -1.55. The van der Waals surface area contributed by atoms with Gasteiger partial charge in [-0.05, 0) is 24.9 Å². The van der Waals surface area contributed by atoms with E-state index in [9.17, 15) is 14.5 Å². The number of aliphatic carboxylic acids is 1. The van der Waals surface area contributed by atoms with Crippen LogP contribution in [0.3, 0.4) is 0 Å². The zero-order valence-electron chi connectivity index (χ0n) is 10.4. The van der Waals surface area contributed by atoms with Crippen LogP contribution in [0.25, 0.3) is 0 Å². The molecule has 0 bridgehead atoms. The maximum Gasteiger partial charge on any atom is 0.333 e. The minimum absolute atomic E-state index is 0.0812. The van der Waals surface area contributed by atoms with Crippen molar-refractivity contribution in [1.29, 1.82) is 0 Å². The number of rotatable bonds is 8. The molecule has 0 aliphatic heterocycles. The van der Waals surface area contributed by atoms with Crippen molar-refractivity contribution in [2.75, 3.05) is 6.54 Å². The van der Waals surface area contributed by atoms with Gasteiger partial charge in [0.25, 0.3) is 0 Å². The van der Waals surface area contributed by atoms with E-state index in [0.29, 0.717) is 12.8 Å². The monoisotopic (exact) mass is 281 g/mol. The third-order valence-electron chi connectivity index (χ3n) is 2.59. The summed E-state index contributed by atoms with van der Waals surface area (Å²) in [5.74, 6) is -1.09. The number of carboxylic acids is 1. The molecule has 6 heteroatoms. The van der Waals surface area contributed by atoms with E-state index in [2.05, 4.69) is 0 Å². The second kappa shape index (κ2) is 8.53. The van der Waals surface area contributed by atoms with Gasteiger partial charge in [-0.3, -0.25) is 4.52 Å². The van der Waals surface area contributed by atoms with Gasteiger partial charge in [0.15, 0.2) is 0 Å². The van der Waals surface area contributed by atoms with Crippen molar-refractivity contribution < 1.29 is 19.0 Å². The van der Waals surface area contributed by atoms with Gasteiger partial charge in [-0.1, -0.05) is 36.4 Å². The highest BCUT2D eigenvalue weighted by Gasteiger charge is 2.20. The third-order valence-corrected chi connectivity index (χ3v) is 2.93. The SMILES string of the molecule is NCCC(OP=O)C(=CCc1ccccc1)C(=O)O. The Kier molecular flexibility index (Phi) is 6.97. The summed E-state index contributed by atoms with van der Waals surface area (Å²) in [5, 5.41) is 9.18. The van der Waals surface area contributed by atoms with Gasteiger partial charge in [-0.2, -0.15) is 0 Å². The highest BCUT2D eigenvalue weighted by atomic mass is 31.1. The van der Waals surface area contributed by atoms with Crippen LogP contribution in [0, 0.1) is 0 Å². The highest BCUT2D eigenvalue weighted by Crippen LogP contribution is 2.17. The van der Waals surface area contributed by atoms with Crippen molar-refractivity contribution in [1.82, 2.24) is 0 Å². The van der Waals surface area contributed by atoms with Gasteiger partial charge in [0.2, 0.25) is 0 Å². The van der Waals surface area contributed by atoms with Crippen LogP contribution in [0.4, 0.5) is 0 Å². The molecular formula is C13H16NO4P. The lowest BCUT2D eigenvalue weighted by Gasteiger charge is -2.13. The van der Waals surface area contributed by atoms with Gasteiger partial charge >= 0.3 is 14.7 Å². The zero-order chi connectivity index (χ0) is 14.1. The molecule has 0 saturated carbocycles. The number of carbonyl (C=O) groups is 1. The topological polar surface area (TPSA) is 89.6 Å². The summed E-state index contributed by atoms with van der Waals surface area (Å²) in [6.45, 7) is 0.260. The van der Waals surface area contributed by atoms with Crippen molar-refractivity contribution in [2.45, 2.75) is 18.9 Å². The average molecular weight is 281 g/mol. The summed E-state index contributed by atoms with van der Waals surface area (Å²) >= 11 is 0. The molecular weight excluding hydrogens is 265 g/mol. The summed E-state index contributed by atoms with van der Waals surface area (Å²) in [6.07, 6.45) is 1.60. The number of hydrogen-bond acceptors (Lipinski definition) is 4. The van der Waals surface area contributed by atoms with E-state index < -0.39 is 20.8 Å². The molecule has 0 amide bonds. The van der Waals surface area contributed by atoms with E-state index in [0.717, 1.165) is 5.56 Å². The Balaban J connectivity index is 2.85. The first-order valence-corrected chi connectivity index (χ1v) is 6.58. The second-order valence-corrected chi connectivity index (χ2v) is 4.26. The number of carboxylic acid groups (broad SMARTS) is 1. The lowest BCUT2D eigenvalue weighted by atomic mass is 10.0. The van der Waals surface area contributed by atoms with E-state index in [1.54, 1.807) is 6.08 Å². The summed E-state index contributed by atoms with van der Waals surface area (Å²) in [5.41, 5.74) is 6.47. The molecule has 1 unspecified atom stereocenters. The Morgan fingerprint density at radius 2 is 2.11 bits per heavy atom. The predicted octanol–water partition coefficient (Wildman–Crippen LogP) is 2.18. The Bertz CT molecular complexity index is 447. The van der Waals surface area contributed by atoms with Gasteiger partial charge < -0.3 is 10.8 Å². The molecule has 0 aliphatic rings. The number of nitrogens with two attached hydrogens (primary N) is 1. The minimum atomic E-state index is -1.09. The number of benzene rings is 1. The summed E-state index contributed by atoms with van der Waals surface area (Å²) in [7, 11) is -0.549. The first-order chi connectivity index (χ1) is 9.19. The van der Waals surface area contributed by atoms with Crippen LogP contribution in [0.15, 0.2) is 42.0 Å². The maximum absolute atomic E-state index is 11.2. The third kappa shape index (κ3) is 5.30. The van der Waals surface area contributed by atoms with Gasteiger partial charge in [-0.25, -0.2) is 9.36 Å². The second-order valence-electron chi connectivity index (χ2n) is 3.90. The fourth-order valence-corrected chi connectivity index (χ4v) is 1.99. The molecule has 0 spiro atoms. The number of hydrogen-bond donors (Lipinski definition) is 2. The molecule has 0 aromatic heterocycles. The number of allylic oxidation sites excluding steroid dienone is 1. The average Bonchev–Trinajstić information content (AvgIpc) is 2.40. The summed E-state index contributed by atoms with van der Waals surface area (Å²) < 4.78 is 15.4. The Morgan fingerprint density at radius 3 is 2.63 bits per heavy atom. The molecule has 0 aliphatic carbocycles. The first kappa shape index (κ1) is 15.5. The van der Waals surface area contributed by atoms with Crippen molar-refractivity contribution in [3.8, 4) is 0 Å². The lowest BCUT2D eigenvalue weighted by Crippen LogP contribution is -2.22. The predicted molar refractivity (Wildman–Crippen MR) is 72.0 cm³/mol. The van der Waals surface area contributed by atoms with Gasteiger partial charge in [0, 0.05) is 0 Å². The van der Waals surface area contributed by atoms with E-state index >= 15 is 0 Å². The largest absolute Gasteiger partial charge is 0.478 e. The molecule has 0 radical (unpaired) electrons. The quantitative estimate of drug-likeness (QED) is 0.563. The molecule has 0 heterocycles.